The van der Waals surface area contributed by atoms with Crippen LogP contribution in [0.1, 0.15) is 33.6 Å². The lowest BCUT2D eigenvalue weighted by Crippen LogP contribution is -2.33. The topological polar surface area (TPSA) is 171 Å². The number of fused-ring (bicyclic) bond motifs is 2. The molecule has 0 radical (unpaired) electrons. The predicted molar refractivity (Wildman–Crippen MR) is 164 cm³/mol. The van der Waals surface area contributed by atoms with Gasteiger partial charge in [0.05, 0.1) is 33.7 Å². The number of carbonyl (C=O) groups excluding carboxylic acids is 4. The van der Waals surface area contributed by atoms with Gasteiger partial charge in [0.1, 0.15) is 11.8 Å². The summed E-state index contributed by atoms with van der Waals surface area (Å²) in [7, 11) is 0. The van der Waals surface area contributed by atoms with Crippen LogP contribution in [0.5, 0.6) is 0 Å². The molecule has 1 N–H and O–H groups in total. The predicted octanol–water partition coefficient (Wildman–Crippen LogP) is 3.82. The standard InChI is InChI=1S/C30H23N5O8S2/c1-2-43-29(39)16-5-7-18(8-6-16)32-21(36)15-33-28-25(45-30(33)40)22(17-4-3-13-31-14-17)23-24(44-28)27(38)34(26(23)37)19-9-11-20(12-10-19)35(41)42/h3-14,22-24H,2,15H2,1H3,(H,32,36)/t22-,23?,24?/m0/s1. The fourth-order valence-corrected chi connectivity index (χ4v) is 8.17. The van der Waals surface area contributed by atoms with Crippen LogP contribution in [-0.2, 0) is 25.7 Å². The molecule has 2 aromatic heterocycles. The molecule has 2 aliphatic rings. The van der Waals surface area contributed by atoms with E-state index in [1.807, 2.05) is 0 Å². The first kappa shape index (κ1) is 29.9. The zero-order valence-corrected chi connectivity index (χ0v) is 25.1. The zero-order valence-electron chi connectivity index (χ0n) is 23.4. The maximum Gasteiger partial charge on any atom is 0.338 e. The van der Waals surface area contributed by atoms with Crippen LogP contribution < -0.4 is 15.1 Å². The number of benzene rings is 2. The first-order valence-corrected chi connectivity index (χ1v) is 15.4. The van der Waals surface area contributed by atoms with E-state index in [9.17, 15) is 34.1 Å². The van der Waals surface area contributed by atoms with Gasteiger partial charge in [0.15, 0.2) is 0 Å². The lowest BCUT2D eigenvalue weighted by atomic mass is 9.84. The second-order valence-corrected chi connectivity index (χ2v) is 12.2. The Labute approximate surface area is 263 Å². The van der Waals surface area contributed by atoms with E-state index in [1.165, 1.54) is 41.0 Å². The molecule has 2 unspecified atom stereocenters. The number of carbonyl (C=O) groups is 4. The molecular weight excluding hydrogens is 622 g/mol. The molecule has 1 fully saturated rings. The van der Waals surface area contributed by atoms with Crippen LogP contribution in [0.3, 0.4) is 0 Å². The average molecular weight is 646 g/mol. The minimum atomic E-state index is -0.927. The highest BCUT2D eigenvalue weighted by molar-refractivity contribution is 8.00. The Hall–Kier alpha value is -5.15. The Morgan fingerprint density at radius 1 is 1.04 bits per heavy atom. The van der Waals surface area contributed by atoms with Gasteiger partial charge < -0.3 is 10.1 Å². The van der Waals surface area contributed by atoms with Crippen LogP contribution in [0.4, 0.5) is 17.1 Å². The number of hydrogen-bond donors (Lipinski definition) is 1. The number of pyridine rings is 1. The molecule has 15 heteroatoms. The molecule has 228 valence electrons. The SMILES string of the molecule is CCOC(=O)c1ccc(NC(=O)Cn2c3c(sc2=O)[C@@H](c2cccnc2)C2C(=O)N(c4ccc([N+](=O)[O-])cc4)C(=O)C2S3)cc1. The van der Waals surface area contributed by atoms with Crippen molar-refractivity contribution in [1.29, 1.82) is 0 Å². The highest BCUT2D eigenvalue weighted by Crippen LogP contribution is 2.53. The molecule has 4 heterocycles. The number of nitro benzene ring substituents is 1. The molecule has 45 heavy (non-hydrogen) atoms. The largest absolute Gasteiger partial charge is 0.462 e. The van der Waals surface area contributed by atoms with Gasteiger partial charge in [0.2, 0.25) is 17.7 Å². The van der Waals surface area contributed by atoms with E-state index in [4.69, 9.17) is 4.74 Å². The maximum atomic E-state index is 13.9. The molecule has 3 atom stereocenters. The van der Waals surface area contributed by atoms with Crippen molar-refractivity contribution in [2.24, 2.45) is 5.92 Å². The summed E-state index contributed by atoms with van der Waals surface area (Å²) in [6.07, 6.45) is 3.15. The number of anilines is 2. The van der Waals surface area contributed by atoms with Crippen LogP contribution in [0.2, 0.25) is 0 Å². The van der Waals surface area contributed by atoms with Crippen molar-refractivity contribution < 1.29 is 28.8 Å². The lowest BCUT2D eigenvalue weighted by Gasteiger charge is -2.30. The Kier molecular flexibility index (Phi) is 8.03. The third-order valence-corrected chi connectivity index (χ3v) is 10.00. The Bertz CT molecular complexity index is 1890. The summed E-state index contributed by atoms with van der Waals surface area (Å²) < 4.78 is 6.26. The first-order valence-electron chi connectivity index (χ1n) is 13.7. The van der Waals surface area contributed by atoms with E-state index >= 15 is 0 Å². The van der Waals surface area contributed by atoms with Crippen molar-refractivity contribution in [1.82, 2.24) is 9.55 Å². The first-order chi connectivity index (χ1) is 21.7. The van der Waals surface area contributed by atoms with E-state index in [0.717, 1.165) is 28.0 Å². The van der Waals surface area contributed by atoms with Gasteiger partial charge in [-0.25, -0.2) is 9.69 Å². The molecule has 3 amide bonds. The molecule has 0 spiro atoms. The highest BCUT2D eigenvalue weighted by atomic mass is 32.2. The minimum absolute atomic E-state index is 0.183. The molecule has 4 aromatic rings. The summed E-state index contributed by atoms with van der Waals surface area (Å²) in [6.45, 7) is 1.57. The molecular formula is C30H23N5O8S2. The van der Waals surface area contributed by atoms with E-state index in [2.05, 4.69) is 10.3 Å². The van der Waals surface area contributed by atoms with Gasteiger partial charge in [-0.2, -0.15) is 0 Å². The van der Waals surface area contributed by atoms with Crippen molar-refractivity contribution in [3.8, 4) is 0 Å². The van der Waals surface area contributed by atoms with Crippen molar-refractivity contribution in [3.05, 3.63) is 109 Å². The Morgan fingerprint density at radius 3 is 2.42 bits per heavy atom. The van der Waals surface area contributed by atoms with Crippen LogP contribution in [-0.4, -0.2) is 50.0 Å². The van der Waals surface area contributed by atoms with Gasteiger partial charge >= 0.3 is 10.8 Å². The number of nitrogens with zero attached hydrogens (tertiary/aromatic N) is 4. The summed E-state index contributed by atoms with van der Waals surface area (Å²) in [5.74, 6) is -3.60. The summed E-state index contributed by atoms with van der Waals surface area (Å²) in [6, 6.07) is 14.7. The van der Waals surface area contributed by atoms with Crippen molar-refractivity contribution in [2.45, 2.75) is 29.7 Å². The number of esters is 1. The molecule has 2 aromatic carbocycles. The van der Waals surface area contributed by atoms with Gasteiger partial charge in [0, 0.05) is 41.0 Å². The van der Waals surface area contributed by atoms with E-state index in [1.54, 1.807) is 43.6 Å². The fourth-order valence-electron chi connectivity index (χ4n) is 5.40. The van der Waals surface area contributed by atoms with Crippen LogP contribution in [0.25, 0.3) is 0 Å². The smallest absolute Gasteiger partial charge is 0.338 e. The molecule has 2 aliphatic heterocycles. The third kappa shape index (κ3) is 5.51. The number of nitro groups is 1. The van der Waals surface area contributed by atoms with Gasteiger partial charge in [0.25, 0.3) is 5.69 Å². The number of ether oxygens (including phenoxy) is 1. The van der Waals surface area contributed by atoms with Crippen LogP contribution in [0, 0.1) is 16.0 Å². The summed E-state index contributed by atoms with van der Waals surface area (Å²) in [5.41, 5.74) is 1.37. The normalized spacial score (nSPS) is 18.7. The number of aromatic nitrogens is 2. The Balaban J connectivity index is 1.31. The number of amides is 3. The molecule has 0 aliphatic carbocycles. The molecule has 0 bridgehead atoms. The lowest BCUT2D eigenvalue weighted by molar-refractivity contribution is -0.384. The van der Waals surface area contributed by atoms with Gasteiger partial charge in [-0.05, 0) is 55.0 Å². The number of nitrogens with one attached hydrogen (secondary N) is 1. The number of rotatable bonds is 8. The van der Waals surface area contributed by atoms with Crippen LogP contribution in [0.15, 0.2) is 82.9 Å². The van der Waals surface area contributed by atoms with Crippen molar-refractivity contribution >= 4 is 63.9 Å². The molecule has 13 nitrogen and oxygen atoms in total. The van der Waals surface area contributed by atoms with Gasteiger partial charge in [-0.15, -0.1) is 0 Å². The number of imide groups is 1. The second-order valence-electron chi connectivity index (χ2n) is 10.1. The van der Waals surface area contributed by atoms with E-state index < -0.39 is 50.6 Å². The van der Waals surface area contributed by atoms with Gasteiger partial charge in [-0.1, -0.05) is 29.2 Å². The number of thioether (sulfide) groups is 1. The van der Waals surface area contributed by atoms with E-state index in [-0.39, 0.29) is 24.5 Å². The average Bonchev–Trinajstić information content (AvgIpc) is 3.48. The van der Waals surface area contributed by atoms with E-state index in [0.29, 0.717) is 26.7 Å². The molecule has 1 saturated heterocycles. The molecule has 6 rings (SSSR count). The highest BCUT2D eigenvalue weighted by Gasteiger charge is 2.57. The Morgan fingerprint density at radius 2 is 1.78 bits per heavy atom. The minimum Gasteiger partial charge on any atom is -0.462 e. The van der Waals surface area contributed by atoms with Gasteiger partial charge in [-0.3, -0.25) is 38.8 Å². The van der Waals surface area contributed by atoms with Crippen molar-refractivity contribution in [2.75, 3.05) is 16.8 Å². The molecule has 0 saturated carbocycles. The number of thiazole rings is 1. The third-order valence-electron chi connectivity index (χ3n) is 7.39. The summed E-state index contributed by atoms with van der Waals surface area (Å²) >= 11 is 1.95. The summed E-state index contributed by atoms with van der Waals surface area (Å²) in [4.78, 5) is 81.9. The fraction of sp³-hybridized carbons (Fsp3) is 0.200. The van der Waals surface area contributed by atoms with Crippen LogP contribution >= 0.6 is 23.1 Å². The van der Waals surface area contributed by atoms with Crippen molar-refractivity contribution in [3.63, 3.8) is 0 Å². The number of non-ortho nitro benzene ring substituents is 1. The zero-order chi connectivity index (χ0) is 31.8. The quantitative estimate of drug-likeness (QED) is 0.129. The second kappa shape index (κ2) is 12.1. The monoisotopic (exact) mass is 645 g/mol. The maximum absolute atomic E-state index is 13.9. The number of hydrogen-bond acceptors (Lipinski definition) is 11. The summed E-state index contributed by atoms with van der Waals surface area (Å²) in [5, 5.41) is 13.3.